The van der Waals surface area contributed by atoms with E-state index < -0.39 is 11.7 Å². The lowest BCUT2D eigenvalue weighted by Gasteiger charge is -2.33. The largest absolute Gasteiger partial charge is 0.417 e. The zero-order chi connectivity index (χ0) is 30.1. The molecule has 226 valence electrons. The van der Waals surface area contributed by atoms with Gasteiger partial charge in [-0.1, -0.05) is 32.9 Å². The van der Waals surface area contributed by atoms with Crippen LogP contribution in [0.25, 0.3) is 0 Å². The molecule has 1 N–H and O–H groups in total. The summed E-state index contributed by atoms with van der Waals surface area (Å²) < 4.78 is 39.9. The van der Waals surface area contributed by atoms with Crippen molar-refractivity contribution in [2.24, 2.45) is 11.8 Å². The van der Waals surface area contributed by atoms with Crippen molar-refractivity contribution in [3.63, 3.8) is 0 Å². The number of fused-ring (bicyclic) bond motifs is 1. The number of halogens is 3. The average molecular weight is 582 g/mol. The van der Waals surface area contributed by atoms with Crippen LogP contribution in [0.5, 0.6) is 0 Å². The Morgan fingerprint density at radius 3 is 2.19 bits per heavy atom. The van der Waals surface area contributed by atoms with Crippen LogP contribution < -0.4 is 10.2 Å². The summed E-state index contributed by atoms with van der Waals surface area (Å²) in [5.41, 5.74) is 1.88. The predicted molar refractivity (Wildman–Crippen MR) is 159 cm³/mol. The Labute approximate surface area is 247 Å². The van der Waals surface area contributed by atoms with Crippen LogP contribution in [0.1, 0.15) is 63.1 Å². The molecule has 6 nitrogen and oxygen atoms in total. The van der Waals surface area contributed by atoms with Crippen LogP contribution in [0.3, 0.4) is 0 Å². The molecule has 0 radical (unpaired) electrons. The number of rotatable bonds is 7. The van der Waals surface area contributed by atoms with E-state index in [1.807, 2.05) is 4.90 Å². The minimum atomic E-state index is -4.58. The number of nitrogens with zero attached hydrogens (tertiary/aromatic N) is 4. The number of nitriles is 1. The second-order valence-corrected chi connectivity index (χ2v) is 13.3. The summed E-state index contributed by atoms with van der Waals surface area (Å²) in [5, 5.41) is 12.2. The summed E-state index contributed by atoms with van der Waals surface area (Å²) >= 11 is 0. The van der Waals surface area contributed by atoms with E-state index in [0.717, 1.165) is 45.2 Å². The third-order valence-electron chi connectivity index (χ3n) is 9.19. The van der Waals surface area contributed by atoms with Gasteiger partial charge in [0.2, 0.25) is 5.91 Å². The highest BCUT2D eigenvalue weighted by Crippen LogP contribution is 2.36. The SMILES string of the molecule is CC(C)(C)c1ccc(N2CC3CN(CCCC(=O)N4CCC(Nc5ccc(C#N)c(C(F)(F)F)c5)CC4)CC3C2)cc1. The maximum absolute atomic E-state index is 13.3. The van der Waals surface area contributed by atoms with Gasteiger partial charge in [-0.2, -0.15) is 18.4 Å². The monoisotopic (exact) mass is 581 g/mol. The van der Waals surface area contributed by atoms with Crippen molar-refractivity contribution in [2.45, 2.75) is 64.1 Å². The topological polar surface area (TPSA) is 62.6 Å². The van der Waals surface area contributed by atoms with E-state index in [1.165, 1.54) is 23.4 Å². The third kappa shape index (κ3) is 7.03. The molecule has 3 saturated heterocycles. The predicted octanol–water partition coefficient (Wildman–Crippen LogP) is 6.13. The molecule has 0 aromatic heterocycles. The molecule has 2 aromatic carbocycles. The maximum atomic E-state index is 13.3. The summed E-state index contributed by atoms with van der Waals surface area (Å²) in [6.45, 7) is 13.2. The van der Waals surface area contributed by atoms with Crippen molar-refractivity contribution in [1.29, 1.82) is 5.26 Å². The standard InChI is InChI=1S/C33H42F3N5O/c1-32(2,3)26-7-10-29(11-8-26)41-21-24-19-39(20-25(24)22-41)14-4-5-31(42)40-15-12-27(13-16-40)38-28-9-6-23(18-37)30(17-28)33(34,35)36/h6-11,17,24-25,27,38H,4-5,12-16,19-22H2,1-3H3. The summed E-state index contributed by atoms with van der Waals surface area (Å²) in [5.74, 6) is 1.52. The molecule has 5 rings (SSSR count). The zero-order valence-corrected chi connectivity index (χ0v) is 24.9. The number of carbonyl (C=O) groups is 1. The molecule has 3 aliphatic heterocycles. The summed E-state index contributed by atoms with van der Waals surface area (Å²) in [4.78, 5) is 19.8. The van der Waals surface area contributed by atoms with E-state index in [9.17, 15) is 18.0 Å². The van der Waals surface area contributed by atoms with E-state index in [1.54, 1.807) is 6.07 Å². The fraction of sp³-hybridized carbons (Fsp3) is 0.576. The fourth-order valence-electron chi connectivity index (χ4n) is 6.74. The summed E-state index contributed by atoms with van der Waals surface area (Å²) in [7, 11) is 0. The van der Waals surface area contributed by atoms with E-state index in [0.29, 0.717) is 49.9 Å². The second-order valence-electron chi connectivity index (χ2n) is 13.3. The maximum Gasteiger partial charge on any atom is 0.417 e. The van der Waals surface area contributed by atoms with Crippen LogP contribution in [0.15, 0.2) is 42.5 Å². The molecule has 2 aromatic rings. The molecule has 0 spiro atoms. The number of amides is 1. The minimum Gasteiger partial charge on any atom is -0.382 e. The molecule has 42 heavy (non-hydrogen) atoms. The molecule has 9 heteroatoms. The van der Waals surface area contributed by atoms with Gasteiger partial charge >= 0.3 is 6.18 Å². The van der Waals surface area contributed by atoms with Gasteiger partial charge < -0.3 is 20.0 Å². The summed E-state index contributed by atoms with van der Waals surface area (Å²) in [6.07, 6.45) is -1.84. The Bertz CT molecular complexity index is 1270. The van der Waals surface area contributed by atoms with Gasteiger partial charge in [-0.25, -0.2) is 0 Å². The molecule has 3 aliphatic rings. The van der Waals surface area contributed by atoms with Gasteiger partial charge in [-0.3, -0.25) is 4.79 Å². The lowest BCUT2D eigenvalue weighted by Crippen LogP contribution is -2.42. The van der Waals surface area contributed by atoms with Crippen LogP contribution >= 0.6 is 0 Å². The Hall–Kier alpha value is -3.25. The van der Waals surface area contributed by atoms with Gasteiger partial charge in [-0.05, 0) is 79.0 Å². The van der Waals surface area contributed by atoms with Crippen molar-refractivity contribution in [3.05, 3.63) is 59.2 Å². The third-order valence-corrected chi connectivity index (χ3v) is 9.19. The zero-order valence-electron chi connectivity index (χ0n) is 24.9. The first-order valence-electron chi connectivity index (χ1n) is 15.1. The van der Waals surface area contributed by atoms with Crippen LogP contribution in [-0.4, -0.2) is 67.6 Å². The van der Waals surface area contributed by atoms with E-state index >= 15 is 0 Å². The molecule has 3 fully saturated rings. The minimum absolute atomic E-state index is 0.0110. The first kappa shape index (κ1) is 30.2. The molecule has 0 bridgehead atoms. The second kappa shape index (κ2) is 12.2. The summed E-state index contributed by atoms with van der Waals surface area (Å²) in [6, 6.07) is 14.4. The molecule has 2 atom stereocenters. The van der Waals surface area contributed by atoms with Gasteiger partial charge in [0, 0.05) is 63.1 Å². The van der Waals surface area contributed by atoms with Crippen molar-refractivity contribution < 1.29 is 18.0 Å². The Balaban J connectivity index is 1.01. The number of carbonyl (C=O) groups excluding carboxylic acids is 1. The fourth-order valence-corrected chi connectivity index (χ4v) is 6.74. The molecule has 0 aliphatic carbocycles. The van der Waals surface area contributed by atoms with Crippen molar-refractivity contribution >= 4 is 17.3 Å². The normalized spacial score (nSPS) is 21.8. The van der Waals surface area contributed by atoms with Crippen molar-refractivity contribution in [2.75, 3.05) is 56.0 Å². The van der Waals surface area contributed by atoms with Crippen molar-refractivity contribution in [1.82, 2.24) is 9.80 Å². The number of piperidine rings is 1. The molecule has 1 amide bonds. The van der Waals surface area contributed by atoms with Crippen molar-refractivity contribution in [3.8, 4) is 6.07 Å². The Kier molecular flexibility index (Phi) is 8.75. The lowest BCUT2D eigenvalue weighted by molar-refractivity contribution is -0.137. The van der Waals surface area contributed by atoms with E-state index in [4.69, 9.17) is 5.26 Å². The number of benzene rings is 2. The van der Waals surface area contributed by atoms with Gasteiger partial charge in [0.05, 0.1) is 17.2 Å². The number of alkyl halides is 3. The van der Waals surface area contributed by atoms with Crippen LogP contribution in [0.4, 0.5) is 24.5 Å². The van der Waals surface area contributed by atoms with Gasteiger partial charge in [0.25, 0.3) is 0 Å². The number of anilines is 2. The highest BCUT2D eigenvalue weighted by molar-refractivity contribution is 5.76. The van der Waals surface area contributed by atoms with Crippen LogP contribution in [0.2, 0.25) is 0 Å². The van der Waals surface area contributed by atoms with Gasteiger partial charge in [0.15, 0.2) is 0 Å². The highest BCUT2D eigenvalue weighted by atomic mass is 19.4. The molecule has 2 unspecified atom stereocenters. The quantitative estimate of drug-likeness (QED) is 0.427. The van der Waals surface area contributed by atoms with Gasteiger partial charge in [-0.15, -0.1) is 0 Å². The van der Waals surface area contributed by atoms with E-state index in [-0.39, 0.29) is 22.9 Å². The lowest BCUT2D eigenvalue weighted by atomic mass is 9.87. The smallest absolute Gasteiger partial charge is 0.382 e. The van der Waals surface area contributed by atoms with Crippen LogP contribution in [-0.2, 0) is 16.4 Å². The molecular weight excluding hydrogens is 539 g/mol. The number of hydrogen-bond acceptors (Lipinski definition) is 5. The number of hydrogen-bond donors (Lipinski definition) is 1. The van der Waals surface area contributed by atoms with Gasteiger partial charge in [0.1, 0.15) is 0 Å². The Morgan fingerprint density at radius 1 is 0.976 bits per heavy atom. The van der Waals surface area contributed by atoms with E-state index in [2.05, 4.69) is 60.2 Å². The average Bonchev–Trinajstić information content (AvgIpc) is 3.52. The Morgan fingerprint density at radius 2 is 1.62 bits per heavy atom. The molecule has 3 heterocycles. The molecule has 0 saturated carbocycles. The first-order valence-corrected chi connectivity index (χ1v) is 15.1. The number of nitrogens with one attached hydrogen (secondary N) is 1. The van der Waals surface area contributed by atoms with Crippen LogP contribution in [0, 0.1) is 23.2 Å². The number of likely N-dealkylation sites (tertiary alicyclic amines) is 2. The highest BCUT2D eigenvalue weighted by Gasteiger charge is 2.40. The molecular formula is C33H42F3N5O. The first-order chi connectivity index (χ1) is 19.9.